The van der Waals surface area contributed by atoms with Gasteiger partial charge in [0.1, 0.15) is 5.75 Å². The fourth-order valence-electron chi connectivity index (χ4n) is 2.88. The maximum absolute atomic E-state index is 10.4. The summed E-state index contributed by atoms with van der Waals surface area (Å²) in [6.45, 7) is 3.21. The summed E-state index contributed by atoms with van der Waals surface area (Å²) in [7, 11) is 5.97. The molecule has 1 aliphatic heterocycles. The molecule has 1 aliphatic rings. The van der Waals surface area contributed by atoms with Crippen molar-refractivity contribution in [2.75, 3.05) is 40.8 Å². The average Bonchev–Trinajstić information content (AvgIpc) is 2.43. The number of hydrogen-bond donors (Lipinski definition) is 1. The topological polar surface area (TPSA) is 35.9 Å². The van der Waals surface area contributed by atoms with E-state index in [-0.39, 0.29) is 6.10 Å². The highest BCUT2D eigenvalue weighted by Crippen LogP contribution is 2.21. The van der Waals surface area contributed by atoms with Crippen LogP contribution in [0, 0.1) is 0 Å². The smallest absolute Gasteiger partial charge is 0.122 e. The van der Waals surface area contributed by atoms with E-state index in [2.05, 4.69) is 23.9 Å². The molecule has 1 fully saturated rings. The first-order valence-corrected chi connectivity index (χ1v) is 7.29. The van der Waals surface area contributed by atoms with E-state index in [1.807, 2.05) is 24.3 Å². The number of piperazine rings is 1. The minimum Gasteiger partial charge on any atom is -0.496 e. The fraction of sp³-hybridized carbons (Fsp3) is 0.625. The maximum Gasteiger partial charge on any atom is 0.122 e. The van der Waals surface area contributed by atoms with Crippen LogP contribution in [0.1, 0.15) is 12.0 Å². The minimum absolute atomic E-state index is 0.328. The number of nitrogens with zero attached hydrogens (tertiary/aromatic N) is 2. The number of ether oxygens (including phenoxy) is 1. The summed E-state index contributed by atoms with van der Waals surface area (Å²) in [6, 6.07) is 8.35. The molecule has 0 aromatic heterocycles. The van der Waals surface area contributed by atoms with Crippen LogP contribution in [0.15, 0.2) is 24.3 Å². The summed E-state index contributed by atoms with van der Waals surface area (Å²) in [5.74, 6) is 0.862. The van der Waals surface area contributed by atoms with Gasteiger partial charge in [0, 0.05) is 32.1 Å². The molecule has 112 valence electrons. The van der Waals surface area contributed by atoms with E-state index in [0.29, 0.717) is 12.5 Å². The third-order valence-corrected chi connectivity index (χ3v) is 4.17. The molecule has 0 aliphatic carbocycles. The number of aliphatic hydroxyl groups is 1. The van der Waals surface area contributed by atoms with Crippen molar-refractivity contribution in [2.45, 2.75) is 25.0 Å². The lowest BCUT2D eigenvalue weighted by atomic mass is 9.99. The second-order valence-electron chi connectivity index (χ2n) is 5.80. The Morgan fingerprint density at radius 2 is 2.05 bits per heavy atom. The summed E-state index contributed by atoms with van der Waals surface area (Å²) in [5.41, 5.74) is 1.08. The second kappa shape index (κ2) is 7.07. The van der Waals surface area contributed by atoms with Crippen molar-refractivity contribution in [3.8, 4) is 5.75 Å². The van der Waals surface area contributed by atoms with Crippen LogP contribution in [-0.2, 0) is 6.42 Å². The first-order valence-electron chi connectivity index (χ1n) is 7.29. The van der Waals surface area contributed by atoms with Gasteiger partial charge in [-0.25, -0.2) is 0 Å². The summed E-state index contributed by atoms with van der Waals surface area (Å²) in [5, 5.41) is 10.4. The van der Waals surface area contributed by atoms with Crippen molar-refractivity contribution >= 4 is 0 Å². The molecule has 1 saturated heterocycles. The Kier molecular flexibility index (Phi) is 5.40. The summed E-state index contributed by atoms with van der Waals surface area (Å²) in [6.07, 6.45) is 1.13. The van der Waals surface area contributed by atoms with Gasteiger partial charge in [-0.1, -0.05) is 18.2 Å². The van der Waals surface area contributed by atoms with Crippen LogP contribution in [0.5, 0.6) is 5.75 Å². The molecule has 4 heteroatoms. The van der Waals surface area contributed by atoms with E-state index < -0.39 is 0 Å². The fourth-order valence-corrected chi connectivity index (χ4v) is 2.88. The van der Waals surface area contributed by atoms with E-state index >= 15 is 0 Å². The SMILES string of the molecule is COc1ccccc1CC(O)CC1CN(C)CCN1C. The molecule has 20 heavy (non-hydrogen) atoms. The normalized spacial score (nSPS) is 22.7. The van der Waals surface area contributed by atoms with Gasteiger partial charge in [0.2, 0.25) is 0 Å². The Balaban J connectivity index is 1.93. The Morgan fingerprint density at radius 1 is 1.30 bits per heavy atom. The molecular weight excluding hydrogens is 252 g/mol. The lowest BCUT2D eigenvalue weighted by Crippen LogP contribution is -2.51. The highest BCUT2D eigenvalue weighted by molar-refractivity contribution is 5.33. The van der Waals surface area contributed by atoms with Gasteiger partial charge in [0.05, 0.1) is 13.2 Å². The molecule has 0 amide bonds. The van der Waals surface area contributed by atoms with E-state index in [1.165, 1.54) is 0 Å². The van der Waals surface area contributed by atoms with E-state index in [4.69, 9.17) is 4.74 Å². The Morgan fingerprint density at radius 3 is 2.80 bits per heavy atom. The van der Waals surface area contributed by atoms with E-state index in [1.54, 1.807) is 7.11 Å². The van der Waals surface area contributed by atoms with Gasteiger partial charge in [-0.15, -0.1) is 0 Å². The predicted octanol–water partition coefficient (Wildman–Crippen LogP) is 1.23. The number of likely N-dealkylation sites (N-methyl/N-ethyl adjacent to an activating group) is 2. The monoisotopic (exact) mass is 278 g/mol. The molecule has 2 unspecified atom stereocenters. The first-order chi connectivity index (χ1) is 9.60. The standard InChI is InChI=1S/C16H26N2O2/c1-17-8-9-18(2)14(12-17)11-15(19)10-13-6-4-5-7-16(13)20-3/h4-7,14-15,19H,8-12H2,1-3H3. The largest absolute Gasteiger partial charge is 0.496 e. The van der Waals surface area contributed by atoms with Crippen LogP contribution >= 0.6 is 0 Å². The highest BCUT2D eigenvalue weighted by atomic mass is 16.5. The lowest BCUT2D eigenvalue weighted by Gasteiger charge is -2.38. The van der Waals surface area contributed by atoms with Crippen LogP contribution in [0.3, 0.4) is 0 Å². The Labute approximate surface area is 122 Å². The Hall–Kier alpha value is -1.10. The van der Waals surface area contributed by atoms with Crippen LogP contribution < -0.4 is 4.74 Å². The molecule has 1 heterocycles. The van der Waals surface area contributed by atoms with E-state index in [0.717, 1.165) is 37.4 Å². The molecule has 2 atom stereocenters. The van der Waals surface area contributed by atoms with Crippen molar-refractivity contribution in [2.24, 2.45) is 0 Å². The summed E-state index contributed by atoms with van der Waals surface area (Å²) < 4.78 is 5.34. The number of methoxy groups -OCH3 is 1. The zero-order chi connectivity index (χ0) is 14.5. The molecular formula is C16H26N2O2. The maximum atomic E-state index is 10.4. The average molecular weight is 278 g/mol. The number of benzene rings is 1. The van der Waals surface area contributed by atoms with Gasteiger partial charge in [-0.2, -0.15) is 0 Å². The Bertz CT molecular complexity index is 425. The first kappa shape index (κ1) is 15.3. The molecule has 0 spiro atoms. The highest BCUT2D eigenvalue weighted by Gasteiger charge is 2.24. The molecule has 0 saturated carbocycles. The molecule has 1 N–H and O–H groups in total. The number of para-hydroxylation sites is 1. The molecule has 4 nitrogen and oxygen atoms in total. The number of rotatable bonds is 5. The van der Waals surface area contributed by atoms with Crippen LogP contribution in [0.25, 0.3) is 0 Å². The van der Waals surface area contributed by atoms with E-state index in [9.17, 15) is 5.11 Å². The molecule has 0 radical (unpaired) electrons. The predicted molar refractivity (Wildman–Crippen MR) is 81.2 cm³/mol. The van der Waals surface area contributed by atoms with Crippen molar-refractivity contribution < 1.29 is 9.84 Å². The number of aliphatic hydroxyl groups excluding tert-OH is 1. The van der Waals surface area contributed by atoms with Crippen LogP contribution in [0.2, 0.25) is 0 Å². The van der Waals surface area contributed by atoms with Gasteiger partial charge >= 0.3 is 0 Å². The third kappa shape index (κ3) is 3.95. The van der Waals surface area contributed by atoms with Gasteiger partial charge in [-0.05, 0) is 32.1 Å². The molecule has 1 aromatic carbocycles. The minimum atomic E-state index is -0.328. The van der Waals surface area contributed by atoms with Crippen molar-refractivity contribution in [1.29, 1.82) is 0 Å². The molecule has 2 rings (SSSR count). The number of hydrogen-bond acceptors (Lipinski definition) is 4. The zero-order valence-electron chi connectivity index (χ0n) is 12.7. The molecule has 0 bridgehead atoms. The van der Waals surface area contributed by atoms with Gasteiger partial charge in [0.15, 0.2) is 0 Å². The van der Waals surface area contributed by atoms with Crippen LogP contribution in [0.4, 0.5) is 0 Å². The van der Waals surface area contributed by atoms with Crippen molar-refractivity contribution in [1.82, 2.24) is 9.80 Å². The summed E-state index contributed by atoms with van der Waals surface area (Å²) in [4.78, 5) is 4.69. The quantitative estimate of drug-likeness (QED) is 0.879. The van der Waals surface area contributed by atoms with Gasteiger partial charge in [0.25, 0.3) is 0 Å². The third-order valence-electron chi connectivity index (χ3n) is 4.17. The zero-order valence-corrected chi connectivity index (χ0v) is 12.7. The van der Waals surface area contributed by atoms with Gasteiger partial charge < -0.3 is 19.6 Å². The summed E-state index contributed by atoms with van der Waals surface area (Å²) >= 11 is 0. The van der Waals surface area contributed by atoms with Gasteiger partial charge in [-0.3, -0.25) is 0 Å². The van der Waals surface area contributed by atoms with Crippen LogP contribution in [-0.4, -0.2) is 67.9 Å². The molecule has 1 aromatic rings. The van der Waals surface area contributed by atoms with Crippen molar-refractivity contribution in [3.63, 3.8) is 0 Å². The lowest BCUT2D eigenvalue weighted by molar-refractivity contribution is 0.0637. The second-order valence-corrected chi connectivity index (χ2v) is 5.80. The van der Waals surface area contributed by atoms with Crippen molar-refractivity contribution in [3.05, 3.63) is 29.8 Å².